The number of rotatable bonds is 5. The van der Waals surface area contributed by atoms with E-state index in [0.29, 0.717) is 27.8 Å². The van der Waals surface area contributed by atoms with E-state index in [9.17, 15) is 4.79 Å². The molecule has 0 saturated carbocycles. The Morgan fingerprint density at radius 2 is 1.57 bits per heavy atom. The fourth-order valence-corrected chi connectivity index (χ4v) is 2.96. The molecule has 1 aromatic heterocycles. The molecule has 0 aliphatic carbocycles. The van der Waals surface area contributed by atoms with E-state index in [2.05, 4.69) is 5.32 Å². The number of hydrogen-bond donors (Lipinski definition) is 1. The van der Waals surface area contributed by atoms with Crippen LogP contribution in [0.4, 0.5) is 5.69 Å². The van der Waals surface area contributed by atoms with Crippen LogP contribution in [0.3, 0.4) is 0 Å². The first-order chi connectivity index (χ1) is 13.7. The zero-order chi connectivity index (χ0) is 19.3. The molecule has 0 saturated heterocycles. The van der Waals surface area contributed by atoms with Crippen molar-refractivity contribution >= 4 is 23.2 Å². The molecule has 5 heteroatoms. The van der Waals surface area contributed by atoms with Gasteiger partial charge in [-0.05, 0) is 66.7 Å². The number of hydrogen-bond acceptors (Lipinski definition) is 2. The number of benzene rings is 3. The van der Waals surface area contributed by atoms with Crippen molar-refractivity contribution in [1.82, 2.24) is 4.57 Å². The molecule has 1 amide bonds. The molecule has 1 heterocycles. The highest BCUT2D eigenvalue weighted by Crippen LogP contribution is 2.32. The summed E-state index contributed by atoms with van der Waals surface area (Å²) < 4.78 is 7.87. The van der Waals surface area contributed by atoms with Crippen LogP contribution in [0, 0.1) is 0 Å². The number of para-hydroxylation sites is 1. The quantitative estimate of drug-likeness (QED) is 0.444. The zero-order valence-corrected chi connectivity index (χ0v) is 15.6. The van der Waals surface area contributed by atoms with Gasteiger partial charge in [0.1, 0.15) is 5.75 Å². The summed E-state index contributed by atoms with van der Waals surface area (Å²) in [6.45, 7) is 0. The first-order valence-corrected chi connectivity index (χ1v) is 9.14. The number of carbonyl (C=O) groups is 1. The number of nitrogens with one attached hydrogen (secondary N) is 1. The molecule has 0 fully saturated rings. The molecule has 0 atom stereocenters. The Balaban J connectivity index is 1.55. The maximum Gasteiger partial charge on any atom is 0.255 e. The average molecular weight is 389 g/mol. The molecule has 4 rings (SSSR count). The fourth-order valence-electron chi connectivity index (χ4n) is 2.79. The normalized spacial score (nSPS) is 10.5. The average Bonchev–Trinajstić information content (AvgIpc) is 3.26. The highest BCUT2D eigenvalue weighted by Gasteiger charge is 2.12. The summed E-state index contributed by atoms with van der Waals surface area (Å²) in [5.74, 6) is 0.962. The van der Waals surface area contributed by atoms with Crippen molar-refractivity contribution in [1.29, 1.82) is 0 Å². The summed E-state index contributed by atoms with van der Waals surface area (Å²) in [7, 11) is 0. The lowest BCUT2D eigenvalue weighted by Gasteiger charge is -2.13. The van der Waals surface area contributed by atoms with E-state index in [-0.39, 0.29) is 5.91 Å². The van der Waals surface area contributed by atoms with Crippen LogP contribution >= 0.6 is 11.6 Å². The van der Waals surface area contributed by atoms with Gasteiger partial charge < -0.3 is 14.6 Å². The summed E-state index contributed by atoms with van der Waals surface area (Å²) in [4.78, 5) is 12.7. The monoisotopic (exact) mass is 388 g/mol. The Morgan fingerprint density at radius 1 is 0.857 bits per heavy atom. The molecule has 1 N–H and O–H groups in total. The van der Waals surface area contributed by atoms with E-state index in [0.717, 1.165) is 5.69 Å². The van der Waals surface area contributed by atoms with Gasteiger partial charge in [-0.3, -0.25) is 4.79 Å². The maximum atomic E-state index is 12.7. The molecular weight excluding hydrogens is 372 g/mol. The van der Waals surface area contributed by atoms with Gasteiger partial charge in [0.25, 0.3) is 5.91 Å². The Bertz CT molecular complexity index is 1080. The number of anilines is 1. The standard InChI is InChI=1S/C23H17ClN2O2/c24-18-10-13-22(28-20-6-2-1-3-7-20)21(16-18)25-23(27)17-8-11-19(12-9-17)26-14-4-5-15-26/h1-16H,(H,25,27). The lowest BCUT2D eigenvalue weighted by atomic mass is 10.2. The number of carbonyl (C=O) groups excluding carboxylic acids is 1. The van der Waals surface area contributed by atoms with Crippen molar-refractivity contribution in [3.05, 3.63) is 108 Å². The highest BCUT2D eigenvalue weighted by molar-refractivity contribution is 6.31. The van der Waals surface area contributed by atoms with Gasteiger partial charge in [-0.1, -0.05) is 29.8 Å². The van der Waals surface area contributed by atoms with Crippen LogP contribution in [0.25, 0.3) is 5.69 Å². The number of nitrogens with zero attached hydrogens (tertiary/aromatic N) is 1. The largest absolute Gasteiger partial charge is 0.455 e. The van der Waals surface area contributed by atoms with Gasteiger partial charge in [-0.2, -0.15) is 0 Å². The van der Waals surface area contributed by atoms with Crippen molar-refractivity contribution in [3.8, 4) is 17.2 Å². The molecule has 0 aliphatic rings. The lowest BCUT2D eigenvalue weighted by molar-refractivity contribution is 0.102. The van der Waals surface area contributed by atoms with Crippen molar-refractivity contribution in [2.75, 3.05) is 5.32 Å². The molecule has 28 heavy (non-hydrogen) atoms. The molecule has 138 valence electrons. The van der Waals surface area contributed by atoms with Crippen LogP contribution in [0.5, 0.6) is 11.5 Å². The first-order valence-electron chi connectivity index (χ1n) is 8.76. The third-order valence-corrected chi connectivity index (χ3v) is 4.43. The second-order valence-corrected chi connectivity index (χ2v) is 6.58. The minimum Gasteiger partial charge on any atom is -0.455 e. The Morgan fingerprint density at radius 3 is 2.29 bits per heavy atom. The fraction of sp³-hybridized carbons (Fsp3) is 0. The Labute approximate surface area is 168 Å². The molecule has 4 aromatic rings. The van der Waals surface area contributed by atoms with Gasteiger partial charge in [0.05, 0.1) is 5.69 Å². The molecule has 0 bridgehead atoms. The molecular formula is C23H17ClN2O2. The van der Waals surface area contributed by atoms with Gasteiger partial charge in [-0.25, -0.2) is 0 Å². The van der Waals surface area contributed by atoms with Gasteiger partial charge in [0.15, 0.2) is 5.75 Å². The molecule has 4 nitrogen and oxygen atoms in total. The van der Waals surface area contributed by atoms with Gasteiger partial charge >= 0.3 is 0 Å². The van der Waals surface area contributed by atoms with Crippen LogP contribution in [-0.4, -0.2) is 10.5 Å². The predicted octanol–water partition coefficient (Wildman–Crippen LogP) is 6.18. The summed E-state index contributed by atoms with van der Waals surface area (Å²) >= 11 is 6.12. The van der Waals surface area contributed by atoms with Crippen molar-refractivity contribution in [3.63, 3.8) is 0 Å². The third kappa shape index (κ3) is 4.08. The van der Waals surface area contributed by atoms with E-state index >= 15 is 0 Å². The van der Waals surface area contributed by atoms with Crippen LogP contribution in [0.15, 0.2) is 97.3 Å². The summed E-state index contributed by atoms with van der Waals surface area (Å²) in [5.41, 5.74) is 2.04. The third-order valence-electron chi connectivity index (χ3n) is 4.19. The number of aromatic nitrogens is 1. The predicted molar refractivity (Wildman–Crippen MR) is 112 cm³/mol. The van der Waals surface area contributed by atoms with Crippen molar-refractivity contribution in [2.45, 2.75) is 0 Å². The Kier molecular flexibility index (Phi) is 5.13. The number of amides is 1. The van der Waals surface area contributed by atoms with E-state index in [1.807, 2.05) is 71.6 Å². The Hall–Kier alpha value is -3.50. The van der Waals surface area contributed by atoms with Crippen LogP contribution < -0.4 is 10.1 Å². The molecule has 0 aliphatic heterocycles. The molecule has 0 radical (unpaired) electrons. The highest BCUT2D eigenvalue weighted by atomic mass is 35.5. The summed E-state index contributed by atoms with van der Waals surface area (Å²) in [6.07, 6.45) is 3.91. The summed E-state index contributed by atoms with van der Waals surface area (Å²) in [6, 6.07) is 25.8. The van der Waals surface area contributed by atoms with Gasteiger partial charge in [-0.15, -0.1) is 0 Å². The first kappa shape index (κ1) is 17.9. The van der Waals surface area contributed by atoms with Crippen LogP contribution in [0.2, 0.25) is 5.02 Å². The zero-order valence-electron chi connectivity index (χ0n) is 14.9. The minimum atomic E-state index is -0.237. The van der Waals surface area contributed by atoms with Crippen LogP contribution in [0.1, 0.15) is 10.4 Å². The second kappa shape index (κ2) is 8.03. The second-order valence-electron chi connectivity index (χ2n) is 6.15. The van der Waals surface area contributed by atoms with Crippen molar-refractivity contribution in [2.24, 2.45) is 0 Å². The summed E-state index contributed by atoms with van der Waals surface area (Å²) in [5, 5.41) is 3.40. The van der Waals surface area contributed by atoms with E-state index < -0.39 is 0 Å². The molecule has 0 unspecified atom stereocenters. The van der Waals surface area contributed by atoms with E-state index in [1.165, 1.54) is 0 Å². The molecule has 3 aromatic carbocycles. The SMILES string of the molecule is O=C(Nc1cc(Cl)ccc1Oc1ccccc1)c1ccc(-n2cccc2)cc1. The van der Waals surface area contributed by atoms with E-state index in [1.54, 1.807) is 30.3 Å². The van der Waals surface area contributed by atoms with Gasteiger partial charge in [0.2, 0.25) is 0 Å². The smallest absolute Gasteiger partial charge is 0.255 e. The van der Waals surface area contributed by atoms with Crippen molar-refractivity contribution < 1.29 is 9.53 Å². The molecule has 0 spiro atoms. The maximum absolute atomic E-state index is 12.7. The van der Waals surface area contributed by atoms with E-state index in [4.69, 9.17) is 16.3 Å². The minimum absolute atomic E-state index is 0.237. The van der Waals surface area contributed by atoms with Gasteiger partial charge in [0, 0.05) is 28.7 Å². The topological polar surface area (TPSA) is 43.3 Å². The lowest BCUT2D eigenvalue weighted by Crippen LogP contribution is -2.12. The number of halogens is 1. The van der Waals surface area contributed by atoms with Crippen LogP contribution in [-0.2, 0) is 0 Å². The number of ether oxygens (including phenoxy) is 1.